The highest BCUT2D eigenvalue weighted by atomic mass is 16.5. The SMILES string of the molecule is COc1ccc(Cn2cc(NC(=O)[C@H]3C[C@@H]3C)cn2)cc1. The van der Waals surface area contributed by atoms with Crippen LogP contribution in [0.2, 0.25) is 0 Å². The van der Waals surface area contributed by atoms with Gasteiger partial charge in [-0.1, -0.05) is 19.1 Å². The number of rotatable bonds is 5. The normalized spacial score (nSPS) is 20.1. The summed E-state index contributed by atoms with van der Waals surface area (Å²) in [6.45, 7) is 2.76. The highest BCUT2D eigenvalue weighted by molar-refractivity contribution is 5.94. The first-order valence-electron chi connectivity index (χ1n) is 7.12. The second kappa shape index (κ2) is 5.60. The highest BCUT2D eigenvalue weighted by Gasteiger charge is 2.39. The number of aromatic nitrogens is 2. The van der Waals surface area contributed by atoms with Gasteiger partial charge in [0.15, 0.2) is 0 Å². The number of hydrogen-bond acceptors (Lipinski definition) is 3. The van der Waals surface area contributed by atoms with E-state index in [9.17, 15) is 4.79 Å². The van der Waals surface area contributed by atoms with E-state index in [1.54, 1.807) is 13.3 Å². The molecule has 1 N–H and O–H groups in total. The monoisotopic (exact) mass is 285 g/mol. The van der Waals surface area contributed by atoms with Crippen molar-refractivity contribution in [3.8, 4) is 5.75 Å². The number of anilines is 1. The van der Waals surface area contributed by atoms with Crippen molar-refractivity contribution in [1.29, 1.82) is 0 Å². The lowest BCUT2D eigenvalue weighted by Gasteiger charge is -2.04. The molecule has 1 heterocycles. The number of methoxy groups -OCH3 is 1. The predicted molar refractivity (Wildman–Crippen MR) is 80.2 cm³/mol. The molecule has 0 saturated heterocycles. The Balaban J connectivity index is 1.60. The van der Waals surface area contributed by atoms with Crippen molar-refractivity contribution < 1.29 is 9.53 Å². The first-order chi connectivity index (χ1) is 10.2. The Kier molecular flexibility index (Phi) is 3.64. The van der Waals surface area contributed by atoms with Crippen LogP contribution in [0, 0.1) is 11.8 Å². The standard InChI is InChI=1S/C16H19N3O2/c1-11-7-15(11)16(20)18-13-8-17-19(10-13)9-12-3-5-14(21-2)6-4-12/h3-6,8,10-11,15H,7,9H2,1-2H3,(H,18,20)/t11-,15-/m0/s1. The largest absolute Gasteiger partial charge is 0.497 e. The van der Waals surface area contributed by atoms with Gasteiger partial charge in [-0.25, -0.2) is 0 Å². The van der Waals surface area contributed by atoms with Crippen molar-refractivity contribution in [3.63, 3.8) is 0 Å². The Morgan fingerprint density at radius 3 is 2.76 bits per heavy atom. The molecule has 110 valence electrons. The van der Waals surface area contributed by atoms with Crippen LogP contribution in [-0.4, -0.2) is 22.8 Å². The first-order valence-corrected chi connectivity index (χ1v) is 7.12. The second-order valence-corrected chi connectivity index (χ2v) is 5.58. The molecule has 2 aromatic rings. The maximum absolute atomic E-state index is 11.9. The molecule has 2 atom stereocenters. The van der Waals surface area contributed by atoms with Crippen LogP contribution in [0.4, 0.5) is 5.69 Å². The Labute approximate surface area is 123 Å². The third-order valence-electron chi connectivity index (χ3n) is 3.85. The van der Waals surface area contributed by atoms with Crippen molar-refractivity contribution >= 4 is 11.6 Å². The fourth-order valence-electron chi connectivity index (χ4n) is 2.35. The molecule has 5 heteroatoms. The zero-order valence-electron chi connectivity index (χ0n) is 12.2. The minimum Gasteiger partial charge on any atom is -0.497 e. The van der Waals surface area contributed by atoms with E-state index in [1.807, 2.05) is 35.1 Å². The van der Waals surface area contributed by atoms with E-state index in [1.165, 1.54) is 0 Å². The van der Waals surface area contributed by atoms with Crippen LogP contribution >= 0.6 is 0 Å². The molecule has 1 aromatic carbocycles. The molecular weight excluding hydrogens is 266 g/mol. The van der Waals surface area contributed by atoms with E-state index >= 15 is 0 Å². The van der Waals surface area contributed by atoms with E-state index in [-0.39, 0.29) is 11.8 Å². The van der Waals surface area contributed by atoms with Crippen LogP contribution in [0.25, 0.3) is 0 Å². The molecule has 1 fully saturated rings. The van der Waals surface area contributed by atoms with Crippen molar-refractivity contribution in [2.75, 3.05) is 12.4 Å². The average molecular weight is 285 g/mol. The lowest BCUT2D eigenvalue weighted by Crippen LogP contribution is -2.13. The van der Waals surface area contributed by atoms with E-state index in [0.717, 1.165) is 23.4 Å². The smallest absolute Gasteiger partial charge is 0.227 e. The van der Waals surface area contributed by atoms with E-state index in [4.69, 9.17) is 4.74 Å². The van der Waals surface area contributed by atoms with E-state index < -0.39 is 0 Å². The van der Waals surface area contributed by atoms with Crippen LogP contribution in [0.1, 0.15) is 18.9 Å². The average Bonchev–Trinajstić information content (AvgIpc) is 3.07. The highest BCUT2D eigenvalue weighted by Crippen LogP contribution is 2.38. The summed E-state index contributed by atoms with van der Waals surface area (Å²) >= 11 is 0. The van der Waals surface area contributed by atoms with Crippen molar-refractivity contribution in [3.05, 3.63) is 42.2 Å². The lowest BCUT2D eigenvalue weighted by molar-refractivity contribution is -0.117. The number of ether oxygens (including phenoxy) is 1. The van der Waals surface area contributed by atoms with Crippen molar-refractivity contribution in [2.24, 2.45) is 11.8 Å². The van der Waals surface area contributed by atoms with Gasteiger partial charge in [-0.05, 0) is 30.0 Å². The number of nitrogens with zero attached hydrogens (tertiary/aromatic N) is 2. The minimum atomic E-state index is 0.103. The number of nitrogens with one attached hydrogen (secondary N) is 1. The van der Waals surface area contributed by atoms with Gasteiger partial charge in [0, 0.05) is 12.1 Å². The van der Waals surface area contributed by atoms with Crippen LogP contribution in [-0.2, 0) is 11.3 Å². The Bertz CT molecular complexity index is 633. The van der Waals surface area contributed by atoms with E-state index in [2.05, 4.69) is 17.3 Å². The van der Waals surface area contributed by atoms with Gasteiger partial charge in [-0.2, -0.15) is 5.10 Å². The molecule has 21 heavy (non-hydrogen) atoms. The van der Waals surface area contributed by atoms with Gasteiger partial charge in [0.05, 0.1) is 25.5 Å². The molecule has 1 saturated carbocycles. The second-order valence-electron chi connectivity index (χ2n) is 5.58. The summed E-state index contributed by atoms with van der Waals surface area (Å²) in [7, 11) is 1.65. The van der Waals surface area contributed by atoms with Crippen LogP contribution < -0.4 is 10.1 Å². The molecule has 1 aliphatic carbocycles. The molecule has 1 aromatic heterocycles. The summed E-state index contributed by atoms with van der Waals surface area (Å²) in [6.07, 6.45) is 4.54. The molecule has 0 aliphatic heterocycles. The number of amides is 1. The number of carbonyl (C=O) groups excluding carboxylic acids is 1. The Morgan fingerprint density at radius 2 is 2.14 bits per heavy atom. The third-order valence-corrected chi connectivity index (χ3v) is 3.85. The maximum atomic E-state index is 11.9. The molecule has 0 unspecified atom stereocenters. The molecule has 0 spiro atoms. The topological polar surface area (TPSA) is 56.1 Å². The Hall–Kier alpha value is -2.30. The van der Waals surface area contributed by atoms with Crippen LogP contribution in [0.15, 0.2) is 36.7 Å². The summed E-state index contributed by atoms with van der Waals surface area (Å²) in [5.41, 5.74) is 1.89. The van der Waals surface area contributed by atoms with Gasteiger partial charge in [-0.15, -0.1) is 0 Å². The third kappa shape index (κ3) is 3.24. The summed E-state index contributed by atoms with van der Waals surface area (Å²) in [6, 6.07) is 7.86. The molecule has 0 bridgehead atoms. The van der Waals surface area contributed by atoms with Gasteiger partial charge in [-0.3, -0.25) is 9.48 Å². The van der Waals surface area contributed by atoms with Gasteiger partial charge in [0.1, 0.15) is 5.75 Å². The van der Waals surface area contributed by atoms with Gasteiger partial charge in [0.25, 0.3) is 0 Å². The summed E-state index contributed by atoms with van der Waals surface area (Å²) in [4.78, 5) is 11.9. The number of benzene rings is 1. The fraction of sp³-hybridized carbons (Fsp3) is 0.375. The zero-order valence-corrected chi connectivity index (χ0v) is 12.2. The van der Waals surface area contributed by atoms with Crippen molar-refractivity contribution in [2.45, 2.75) is 19.9 Å². The van der Waals surface area contributed by atoms with E-state index in [0.29, 0.717) is 12.5 Å². The Morgan fingerprint density at radius 1 is 1.43 bits per heavy atom. The fourth-order valence-corrected chi connectivity index (χ4v) is 2.35. The summed E-state index contributed by atoms with van der Waals surface area (Å²) in [5.74, 6) is 1.63. The first kappa shape index (κ1) is 13.7. The maximum Gasteiger partial charge on any atom is 0.227 e. The zero-order chi connectivity index (χ0) is 14.8. The van der Waals surface area contributed by atoms with Gasteiger partial charge >= 0.3 is 0 Å². The quantitative estimate of drug-likeness (QED) is 0.918. The lowest BCUT2D eigenvalue weighted by atomic mass is 10.2. The molecule has 1 amide bonds. The van der Waals surface area contributed by atoms with Gasteiger partial charge in [0.2, 0.25) is 5.91 Å². The molecular formula is C16H19N3O2. The van der Waals surface area contributed by atoms with Crippen LogP contribution in [0.3, 0.4) is 0 Å². The number of hydrogen-bond donors (Lipinski definition) is 1. The molecule has 5 nitrogen and oxygen atoms in total. The molecule has 1 aliphatic rings. The van der Waals surface area contributed by atoms with Crippen molar-refractivity contribution in [1.82, 2.24) is 9.78 Å². The molecule has 0 radical (unpaired) electrons. The predicted octanol–water partition coefficient (Wildman–Crippen LogP) is 2.53. The summed E-state index contributed by atoms with van der Waals surface area (Å²) in [5, 5.41) is 7.19. The van der Waals surface area contributed by atoms with Crippen LogP contribution in [0.5, 0.6) is 5.75 Å². The summed E-state index contributed by atoms with van der Waals surface area (Å²) < 4.78 is 6.95. The van der Waals surface area contributed by atoms with Gasteiger partial charge < -0.3 is 10.1 Å². The number of carbonyl (C=O) groups is 1. The minimum absolute atomic E-state index is 0.103. The molecule has 3 rings (SSSR count).